The number of nitrogens with one attached hydrogen (secondary N) is 3. The summed E-state index contributed by atoms with van der Waals surface area (Å²) in [6, 6.07) is -0.807. The van der Waals surface area contributed by atoms with E-state index in [1.54, 1.807) is 5.10 Å². The average molecular weight is 539 g/mol. The molecule has 3 rings (SSSR count). The first-order valence-electron chi connectivity index (χ1n) is 10.6. The third-order valence-corrected chi connectivity index (χ3v) is 5.07. The van der Waals surface area contributed by atoms with Crippen LogP contribution in [0.1, 0.15) is 24.5 Å². The third kappa shape index (κ3) is 7.37. The lowest BCUT2D eigenvalue weighted by atomic mass is 10.0. The average Bonchev–Trinajstić information content (AvgIpc) is 2.79. The summed E-state index contributed by atoms with van der Waals surface area (Å²) in [7, 11) is 0. The number of hydrogen-bond donors (Lipinski definition) is 3. The minimum Gasteiger partial charge on any atom is -0.378 e. The number of rotatable bonds is 7. The minimum atomic E-state index is -4.93. The van der Waals surface area contributed by atoms with Crippen LogP contribution in [-0.2, 0) is 22.0 Å². The number of hydroxylamine groups is 1. The van der Waals surface area contributed by atoms with Crippen LogP contribution in [0.4, 0.5) is 42.4 Å². The molecule has 2 unspecified atom stereocenters. The maximum absolute atomic E-state index is 14.6. The summed E-state index contributed by atoms with van der Waals surface area (Å²) in [5.41, 5.74) is -2.40. The van der Waals surface area contributed by atoms with Crippen LogP contribution in [0.2, 0.25) is 0 Å². The molecule has 2 atom stereocenters. The quantitative estimate of drug-likeness (QED) is 0.279. The van der Waals surface area contributed by atoms with Gasteiger partial charge in [-0.2, -0.15) is 31.4 Å². The van der Waals surface area contributed by atoms with Crippen molar-refractivity contribution < 1.29 is 40.4 Å². The predicted octanol–water partition coefficient (Wildman–Crippen LogP) is 2.62. The molecule has 3 heterocycles. The van der Waals surface area contributed by atoms with Crippen LogP contribution in [0, 0.1) is 0 Å². The first-order valence-corrected chi connectivity index (χ1v) is 10.6. The fraction of sp³-hybridized carbons (Fsp3) is 0.450. The molecule has 17 heteroatoms. The van der Waals surface area contributed by atoms with Crippen molar-refractivity contribution in [2.24, 2.45) is 0 Å². The number of carbonyl (C=O) groups excluding carboxylic acids is 1. The zero-order valence-electron chi connectivity index (χ0n) is 19.0. The van der Waals surface area contributed by atoms with Crippen molar-refractivity contribution in [2.75, 3.05) is 29.9 Å². The van der Waals surface area contributed by atoms with Crippen LogP contribution in [-0.4, -0.2) is 58.0 Å². The number of alkyl halides is 7. The van der Waals surface area contributed by atoms with Crippen molar-refractivity contribution in [3.63, 3.8) is 0 Å². The van der Waals surface area contributed by atoms with Gasteiger partial charge in [0, 0.05) is 31.1 Å². The van der Waals surface area contributed by atoms with Crippen LogP contribution >= 0.6 is 0 Å². The highest BCUT2D eigenvalue weighted by atomic mass is 19.4. The Hall–Kier alpha value is -3.76. The van der Waals surface area contributed by atoms with Crippen molar-refractivity contribution in [3.05, 3.63) is 51.7 Å². The van der Waals surface area contributed by atoms with Crippen LogP contribution in [0.15, 0.2) is 35.0 Å². The molecule has 0 aliphatic carbocycles. The van der Waals surface area contributed by atoms with Gasteiger partial charge in [-0.05, 0) is 18.9 Å². The van der Waals surface area contributed by atoms with E-state index in [-0.39, 0.29) is 37.6 Å². The Morgan fingerprint density at radius 2 is 1.89 bits per heavy atom. The van der Waals surface area contributed by atoms with Gasteiger partial charge in [0.1, 0.15) is 11.7 Å². The second kappa shape index (κ2) is 11.1. The molecule has 1 fully saturated rings. The Morgan fingerprint density at radius 1 is 1.22 bits per heavy atom. The number of piperidine rings is 1. The summed E-state index contributed by atoms with van der Waals surface area (Å²) in [6.07, 6.45) is -8.20. The maximum atomic E-state index is 14.6. The van der Waals surface area contributed by atoms with E-state index in [2.05, 4.69) is 20.4 Å². The highest BCUT2D eigenvalue weighted by Gasteiger charge is 2.37. The smallest absolute Gasteiger partial charge is 0.378 e. The highest BCUT2D eigenvalue weighted by molar-refractivity contribution is 5.87. The van der Waals surface area contributed by atoms with Gasteiger partial charge in [0.05, 0.1) is 30.6 Å². The van der Waals surface area contributed by atoms with Crippen LogP contribution < -0.4 is 21.3 Å². The van der Waals surface area contributed by atoms with Crippen molar-refractivity contribution in [2.45, 2.75) is 37.9 Å². The number of carbonyl (C=O) groups is 1. The molecule has 0 aromatic carbocycles. The number of amides is 1. The Morgan fingerprint density at radius 3 is 2.49 bits per heavy atom. The summed E-state index contributed by atoms with van der Waals surface area (Å²) >= 11 is 0. The number of aromatic amines is 1. The van der Waals surface area contributed by atoms with Gasteiger partial charge in [-0.25, -0.2) is 24.9 Å². The number of H-pyrrole nitrogens is 1. The second-order valence-electron chi connectivity index (χ2n) is 7.96. The van der Waals surface area contributed by atoms with Gasteiger partial charge in [0.25, 0.3) is 11.5 Å². The molecule has 0 spiro atoms. The summed E-state index contributed by atoms with van der Waals surface area (Å²) in [5.74, 6) is -0.925. The van der Waals surface area contributed by atoms with Gasteiger partial charge < -0.3 is 10.2 Å². The molecule has 2 aromatic heterocycles. The number of nitrogens with zero attached hydrogens (tertiary/aromatic N) is 4. The molecule has 3 N–H and O–H groups in total. The van der Waals surface area contributed by atoms with Crippen LogP contribution in [0.5, 0.6) is 0 Å². The van der Waals surface area contributed by atoms with E-state index in [0.717, 1.165) is 12.3 Å². The molecule has 1 amide bonds. The summed E-state index contributed by atoms with van der Waals surface area (Å²) < 4.78 is 91.7. The Balaban J connectivity index is 1.49. The van der Waals surface area contributed by atoms with E-state index in [1.807, 2.05) is 5.48 Å². The van der Waals surface area contributed by atoms with Gasteiger partial charge in [0.15, 0.2) is 0 Å². The molecule has 2 aromatic rings. The number of halogens is 7. The van der Waals surface area contributed by atoms with E-state index in [1.165, 1.54) is 11.8 Å². The fourth-order valence-electron chi connectivity index (χ4n) is 3.33. The van der Waals surface area contributed by atoms with Crippen molar-refractivity contribution in [1.29, 1.82) is 0 Å². The van der Waals surface area contributed by atoms with E-state index in [0.29, 0.717) is 12.4 Å². The molecule has 0 bridgehead atoms. The van der Waals surface area contributed by atoms with Gasteiger partial charge in [-0.1, -0.05) is 0 Å². The largest absolute Gasteiger partial charge is 0.423 e. The minimum absolute atomic E-state index is 0.0483. The summed E-state index contributed by atoms with van der Waals surface area (Å²) in [6.45, 7) is 0.941. The standard InChI is InChI=1S/C20H20F7N7O3/c1-10(31-14-7-30-32-17(36)16(14)20(25,26)27)9-37-33-15(35)4-11-2-3-34(8-13(11)21)18-28-5-12(6-29-18)19(22,23)24/h4-7,10,13H,2-3,8-9H2,1H3,(H,33,35)(H2,31,32,36)/b11-4+. The van der Waals surface area contributed by atoms with Crippen LogP contribution in [0.3, 0.4) is 0 Å². The van der Waals surface area contributed by atoms with Crippen molar-refractivity contribution >= 4 is 17.5 Å². The molecule has 0 saturated carbocycles. The normalized spacial score (nSPS) is 18.5. The number of aromatic nitrogens is 4. The number of hydrogen-bond acceptors (Lipinski definition) is 8. The zero-order valence-corrected chi connectivity index (χ0v) is 19.0. The van der Waals surface area contributed by atoms with Crippen molar-refractivity contribution in [1.82, 2.24) is 25.6 Å². The molecule has 37 heavy (non-hydrogen) atoms. The predicted molar refractivity (Wildman–Crippen MR) is 114 cm³/mol. The monoisotopic (exact) mass is 539 g/mol. The first-order chi connectivity index (χ1) is 17.3. The molecule has 0 radical (unpaired) electrons. The molecule has 10 nitrogen and oxygen atoms in total. The van der Waals surface area contributed by atoms with Gasteiger partial charge in [-0.3, -0.25) is 14.4 Å². The molecule has 1 aliphatic rings. The molecular formula is C20H20F7N7O3. The third-order valence-electron chi connectivity index (χ3n) is 5.07. The topological polar surface area (TPSA) is 125 Å². The van der Waals surface area contributed by atoms with E-state index in [9.17, 15) is 40.3 Å². The summed E-state index contributed by atoms with van der Waals surface area (Å²) in [4.78, 5) is 37.1. The lowest BCUT2D eigenvalue weighted by Gasteiger charge is -2.30. The van der Waals surface area contributed by atoms with E-state index in [4.69, 9.17) is 4.84 Å². The van der Waals surface area contributed by atoms with E-state index < -0.39 is 52.8 Å². The molecule has 1 saturated heterocycles. The Labute approximate surface area is 203 Å². The fourth-order valence-corrected chi connectivity index (χ4v) is 3.33. The van der Waals surface area contributed by atoms with Crippen LogP contribution in [0.25, 0.3) is 0 Å². The van der Waals surface area contributed by atoms with E-state index >= 15 is 0 Å². The summed E-state index contributed by atoms with van der Waals surface area (Å²) in [5, 5.41) is 7.44. The van der Waals surface area contributed by atoms with Crippen molar-refractivity contribution in [3.8, 4) is 0 Å². The molecular weight excluding hydrogens is 519 g/mol. The molecule has 202 valence electrons. The first kappa shape index (κ1) is 27.8. The van der Waals surface area contributed by atoms with Gasteiger partial charge in [-0.15, -0.1) is 0 Å². The Bertz CT molecular complexity index is 1180. The highest BCUT2D eigenvalue weighted by Crippen LogP contribution is 2.32. The lowest BCUT2D eigenvalue weighted by Crippen LogP contribution is -2.39. The zero-order chi connectivity index (χ0) is 27.4. The molecule has 1 aliphatic heterocycles. The maximum Gasteiger partial charge on any atom is 0.423 e. The second-order valence-corrected chi connectivity index (χ2v) is 7.96. The lowest BCUT2D eigenvalue weighted by molar-refractivity contribution is -0.139. The Kier molecular flexibility index (Phi) is 8.35. The van der Waals surface area contributed by atoms with Gasteiger partial charge in [0.2, 0.25) is 5.95 Å². The van der Waals surface area contributed by atoms with Gasteiger partial charge >= 0.3 is 12.4 Å². The SMILES string of the molecule is CC(CONC(=O)/C=C1\CCN(c2ncc(C(F)(F)F)cn2)CC1F)Nc1cn[nH]c(=O)c1C(F)(F)F. The number of anilines is 2.